The summed E-state index contributed by atoms with van der Waals surface area (Å²) in [5.74, 6) is 0.654. The smallest absolute Gasteiger partial charge is 0.262 e. The Labute approximate surface area is 204 Å². The fourth-order valence-electron chi connectivity index (χ4n) is 4.89. The maximum Gasteiger partial charge on any atom is 0.262 e. The number of carbonyl (C=O) groups excluding carboxylic acids is 1. The molecule has 34 heavy (non-hydrogen) atoms. The summed E-state index contributed by atoms with van der Waals surface area (Å²) >= 11 is 1.55. The van der Waals surface area contributed by atoms with Crippen molar-refractivity contribution in [3.63, 3.8) is 0 Å². The summed E-state index contributed by atoms with van der Waals surface area (Å²) in [5.41, 5.74) is 2.15. The minimum absolute atomic E-state index is 0.000910. The Morgan fingerprint density at radius 2 is 1.85 bits per heavy atom. The number of fused-ring (bicyclic) bond motifs is 1. The van der Waals surface area contributed by atoms with E-state index >= 15 is 0 Å². The second-order valence-electron chi connectivity index (χ2n) is 9.30. The molecule has 1 saturated carbocycles. The highest BCUT2D eigenvalue weighted by molar-refractivity contribution is 7.98. The molecule has 0 radical (unpaired) electrons. The molecule has 1 saturated heterocycles. The van der Waals surface area contributed by atoms with Gasteiger partial charge in [-0.1, -0.05) is 37.1 Å². The second kappa shape index (κ2) is 10.3. The topological polar surface area (TPSA) is 71.3 Å². The molecular formula is C26H31N5O2S. The summed E-state index contributed by atoms with van der Waals surface area (Å²) in [6.45, 7) is 3.18. The van der Waals surface area contributed by atoms with E-state index in [-0.39, 0.29) is 17.5 Å². The predicted molar refractivity (Wildman–Crippen MR) is 135 cm³/mol. The summed E-state index contributed by atoms with van der Waals surface area (Å²) in [7, 11) is 2.07. The fraction of sp³-hybridized carbons (Fsp3) is 0.462. The third-order valence-corrected chi connectivity index (χ3v) is 7.91. The lowest BCUT2D eigenvalue weighted by atomic mass is 9.95. The molecule has 2 aliphatic rings. The minimum Gasteiger partial charge on any atom is -0.336 e. The number of nitrogens with zero attached hydrogens (tertiary/aromatic N) is 5. The number of piperazine rings is 1. The summed E-state index contributed by atoms with van der Waals surface area (Å²) in [6.07, 6.45) is 7.29. The maximum absolute atomic E-state index is 13.7. The minimum atomic E-state index is -0.000910. The van der Waals surface area contributed by atoms with Crippen LogP contribution in [0.1, 0.15) is 54.2 Å². The zero-order valence-corrected chi connectivity index (χ0v) is 20.5. The van der Waals surface area contributed by atoms with Gasteiger partial charge in [0.2, 0.25) is 0 Å². The van der Waals surface area contributed by atoms with Crippen LogP contribution in [0, 0.1) is 0 Å². The van der Waals surface area contributed by atoms with E-state index in [0.717, 1.165) is 62.7 Å². The lowest BCUT2D eigenvalue weighted by Gasteiger charge is -2.32. The number of aromatic nitrogens is 3. The highest BCUT2D eigenvalue weighted by Gasteiger charge is 2.24. The number of amides is 1. The molecule has 0 spiro atoms. The maximum atomic E-state index is 13.7. The molecule has 0 atom stereocenters. The van der Waals surface area contributed by atoms with Crippen molar-refractivity contribution in [1.29, 1.82) is 0 Å². The van der Waals surface area contributed by atoms with Crippen LogP contribution in [0.3, 0.4) is 0 Å². The van der Waals surface area contributed by atoms with Gasteiger partial charge >= 0.3 is 0 Å². The van der Waals surface area contributed by atoms with Crippen molar-refractivity contribution in [3.05, 3.63) is 64.2 Å². The summed E-state index contributed by atoms with van der Waals surface area (Å²) in [5, 5.41) is 1.31. The van der Waals surface area contributed by atoms with Crippen LogP contribution < -0.4 is 5.56 Å². The average molecular weight is 478 g/mol. The highest BCUT2D eigenvalue weighted by atomic mass is 32.2. The van der Waals surface area contributed by atoms with Crippen LogP contribution in [0.2, 0.25) is 0 Å². The van der Waals surface area contributed by atoms with E-state index in [9.17, 15) is 9.59 Å². The number of hydrogen-bond donors (Lipinski definition) is 0. The molecule has 2 aromatic heterocycles. The number of pyridine rings is 1. The van der Waals surface area contributed by atoms with Gasteiger partial charge < -0.3 is 9.80 Å². The average Bonchev–Trinajstić information content (AvgIpc) is 2.88. The molecule has 0 unspecified atom stereocenters. The molecule has 178 valence electrons. The van der Waals surface area contributed by atoms with Crippen molar-refractivity contribution in [3.8, 4) is 0 Å². The number of hydrogen-bond acceptors (Lipinski definition) is 6. The molecule has 1 aliphatic carbocycles. The van der Waals surface area contributed by atoms with E-state index in [1.54, 1.807) is 36.2 Å². The van der Waals surface area contributed by atoms with Crippen molar-refractivity contribution in [1.82, 2.24) is 24.3 Å². The molecule has 7 nitrogen and oxygen atoms in total. The van der Waals surface area contributed by atoms with Crippen molar-refractivity contribution >= 4 is 28.6 Å². The van der Waals surface area contributed by atoms with E-state index in [1.165, 1.54) is 6.42 Å². The van der Waals surface area contributed by atoms with Gasteiger partial charge in [0.25, 0.3) is 11.5 Å². The van der Waals surface area contributed by atoms with E-state index < -0.39 is 0 Å². The SMILES string of the molecule is CN1CCN(C(=O)c2ccc3c(=O)n(C4CCCCC4)c(SCc4ccccn4)nc3c2)CC1. The van der Waals surface area contributed by atoms with Crippen LogP contribution in [0.4, 0.5) is 0 Å². The number of likely N-dealkylation sites (N-methyl/N-ethyl adjacent to an activating group) is 1. The lowest BCUT2D eigenvalue weighted by molar-refractivity contribution is 0.0664. The molecule has 2 fully saturated rings. The van der Waals surface area contributed by atoms with Gasteiger partial charge in [0, 0.05) is 49.7 Å². The van der Waals surface area contributed by atoms with E-state index in [1.807, 2.05) is 27.7 Å². The van der Waals surface area contributed by atoms with Crippen LogP contribution in [0.5, 0.6) is 0 Å². The van der Waals surface area contributed by atoms with Crippen LogP contribution in [0.25, 0.3) is 10.9 Å². The summed E-state index contributed by atoms with van der Waals surface area (Å²) in [6, 6.07) is 11.4. The van der Waals surface area contributed by atoms with Gasteiger partial charge in [0.1, 0.15) is 0 Å². The van der Waals surface area contributed by atoms with Crippen molar-refractivity contribution in [2.24, 2.45) is 0 Å². The number of carbonyl (C=O) groups is 1. The standard InChI is InChI=1S/C26H31N5O2S/c1-29-13-15-30(16-14-29)24(32)19-10-11-22-23(17-19)28-26(34-18-20-7-5-6-12-27-20)31(25(22)33)21-8-3-2-4-9-21/h5-7,10-12,17,21H,2-4,8-9,13-16,18H2,1H3. The number of thioether (sulfide) groups is 1. The molecule has 1 aliphatic heterocycles. The van der Waals surface area contributed by atoms with Crippen LogP contribution in [0.15, 0.2) is 52.5 Å². The molecule has 3 aromatic rings. The Bertz CT molecular complexity index is 1220. The molecule has 1 amide bonds. The molecule has 5 rings (SSSR count). The summed E-state index contributed by atoms with van der Waals surface area (Å²) in [4.78, 5) is 40.3. The normalized spacial score (nSPS) is 17.9. The van der Waals surface area contributed by atoms with E-state index in [2.05, 4.69) is 16.9 Å². The highest BCUT2D eigenvalue weighted by Crippen LogP contribution is 2.32. The molecule has 3 heterocycles. The second-order valence-corrected chi connectivity index (χ2v) is 10.2. The Hall–Kier alpha value is -2.71. The van der Waals surface area contributed by atoms with Crippen LogP contribution in [-0.4, -0.2) is 63.5 Å². The first-order valence-corrected chi connectivity index (χ1v) is 13.2. The first-order valence-electron chi connectivity index (χ1n) is 12.2. The van der Waals surface area contributed by atoms with Gasteiger partial charge in [-0.25, -0.2) is 4.98 Å². The van der Waals surface area contributed by atoms with Crippen LogP contribution >= 0.6 is 11.8 Å². The first kappa shape index (κ1) is 23.1. The Kier molecular flexibility index (Phi) is 6.97. The monoisotopic (exact) mass is 477 g/mol. The Morgan fingerprint density at radius 3 is 2.59 bits per heavy atom. The van der Waals surface area contributed by atoms with Crippen LogP contribution in [-0.2, 0) is 5.75 Å². The third kappa shape index (κ3) is 4.88. The fourth-order valence-corrected chi connectivity index (χ4v) is 5.87. The predicted octanol–water partition coefficient (Wildman–Crippen LogP) is 3.98. The molecule has 1 aromatic carbocycles. The molecule has 0 N–H and O–H groups in total. The summed E-state index contributed by atoms with van der Waals surface area (Å²) < 4.78 is 1.91. The van der Waals surface area contributed by atoms with Gasteiger partial charge in [-0.2, -0.15) is 0 Å². The zero-order valence-electron chi connectivity index (χ0n) is 19.7. The van der Waals surface area contributed by atoms with Gasteiger partial charge in [0.05, 0.1) is 16.6 Å². The number of rotatable bonds is 5. The lowest BCUT2D eigenvalue weighted by Crippen LogP contribution is -2.47. The Balaban J connectivity index is 1.51. The Morgan fingerprint density at radius 1 is 1.06 bits per heavy atom. The van der Waals surface area contributed by atoms with Crippen molar-refractivity contribution in [2.75, 3.05) is 33.2 Å². The molecule has 0 bridgehead atoms. The molecule has 8 heteroatoms. The van der Waals surface area contributed by atoms with E-state index in [4.69, 9.17) is 4.98 Å². The van der Waals surface area contributed by atoms with Crippen molar-refractivity contribution in [2.45, 2.75) is 49.1 Å². The van der Waals surface area contributed by atoms with Crippen molar-refractivity contribution < 1.29 is 4.79 Å². The van der Waals surface area contributed by atoms with Gasteiger partial charge in [-0.3, -0.25) is 19.1 Å². The van der Waals surface area contributed by atoms with E-state index in [0.29, 0.717) is 22.2 Å². The first-order chi connectivity index (χ1) is 16.6. The number of benzene rings is 1. The zero-order chi connectivity index (χ0) is 23.5. The molecular weight excluding hydrogens is 446 g/mol. The van der Waals surface area contributed by atoms with Gasteiger partial charge in [0.15, 0.2) is 5.16 Å². The largest absolute Gasteiger partial charge is 0.336 e. The third-order valence-electron chi connectivity index (χ3n) is 6.92. The van der Waals surface area contributed by atoms with Gasteiger partial charge in [-0.15, -0.1) is 0 Å². The quantitative estimate of drug-likeness (QED) is 0.409. The van der Waals surface area contributed by atoms with Gasteiger partial charge in [-0.05, 0) is 50.2 Å².